The monoisotopic (exact) mass is 519 g/mol. The molecule has 3 aromatic carbocycles. The predicted molar refractivity (Wildman–Crippen MR) is 126 cm³/mol. The Labute approximate surface area is 209 Å². The van der Waals surface area contributed by atoms with Crippen molar-refractivity contribution in [2.45, 2.75) is 26.3 Å². The third-order valence-corrected chi connectivity index (χ3v) is 5.70. The van der Waals surface area contributed by atoms with Crippen molar-refractivity contribution in [3.63, 3.8) is 0 Å². The number of halogens is 5. The molecule has 0 bridgehead atoms. The van der Waals surface area contributed by atoms with Gasteiger partial charge in [-0.15, -0.1) is 13.2 Å². The lowest BCUT2D eigenvalue weighted by Gasteiger charge is -2.36. The van der Waals surface area contributed by atoms with Crippen LogP contribution in [0.4, 0.5) is 38.1 Å². The number of nitrogens with zero attached hydrogens (tertiary/aromatic N) is 2. The van der Waals surface area contributed by atoms with Crippen LogP contribution < -0.4 is 15.0 Å². The summed E-state index contributed by atoms with van der Waals surface area (Å²) in [6.45, 7) is 2.43. The Kier molecular flexibility index (Phi) is 7.33. The number of hydrogen-bond donors (Lipinski definition) is 1. The Hall–Kier alpha value is -4.15. The lowest BCUT2D eigenvalue weighted by molar-refractivity contribution is -0.274. The van der Waals surface area contributed by atoms with E-state index in [0.29, 0.717) is 30.8 Å². The lowest BCUT2D eigenvalue weighted by Crippen LogP contribution is -2.49. The number of carbonyl (C=O) groups excluding carboxylic acids is 2. The van der Waals surface area contributed by atoms with Crippen LogP contribution in [-0.2, 0) is 6.54 Å². The van der Waals surface area contributed by atoms with Crippen molar-refractivity contribution in [3.8, 4) is 5.75 Å². The number of urea groups is 1. The van der Waals surface area contributed by atoms with Crippen LogP contribution in [-0.4, -0.2) is 36.3 Å². The van der Waals surface area contributed by atoms with Crippen molar-refractivity contribution in [3.05, 3.63) is 89.0 Å². The van der Waals surface area contributed by atoms with Crippen LogP contribution in [0.2, 0.25) is 0 Å². The number of anilines is 2. The number of hydrogen-bond acceptors (Lipinski definition) is 3. The molecule has 1 heterocycles. The summed E-state index contributed by atoms with van der Waals surface area (Å²) < 4.78 is 70.0. The minimum absolute atomic E-state index is 0.0262. The Bertz CT molecular complexity index is 1310. The first kappa shape index (κ1) is 25.9. The molecule has 0 atom stereocenters. The van der Waals surface area contributed by atoms with Crippen molar-refractivity contribution >= 4 is 23.3 Å². The molecule has 4 rings (SSSR count). The molecule has 0 unspecified atom stereocenters. The van der Waals surface area contributed by atoms with Crippen molar-refractivity contribution in [2.24, 2.45) is 0 Å². The molecule has 3 aromatic rings. The topological polar surface area (TPSA) is 61.9 Å². The molecule has 0 saturated carbocycles. The van der Waals surface area contributed by atoms with E-state index in [1.165, 1.54) is 28.0 Å². The number of ether oxygens (including phenoxy) is 1. The summed E-state index contributed by atoms with van der Waals surface area (Å²) in [5, 5.41) is 2.51. The van der Waals surface area contributed by atoms with Crippen LogP contribution in [0, 0.1) is 18.6 Å². The van der Waals surface area contributed by atoms with E-state index in [-0.39, 0.29) is 12.2 Å². The normalized spacial score (nSPS) is 14.1. The molecule has 6 nitrogen and oxygen atoms in total. The number of aryl methyl sites for hydroxylation is 1. The van der Waals surface area contributed by atoms with E-state index < -0.39 is 41.2 Å². The fraction of sp³-hybridized carbons (Fsp3) is 0.231. The van der Waals surface area contributed by atoms with Gasteiger partial charge in [-0.3, -0.25) is 9.69 Å². The fourth-order valence-corrected chi connectivity index (χ4v) is 4.10. The van der Waals surface area contributed by atoms with E-state index >= 15 is 0 Å². The highest BCUT2D eigenvalue weighted by atomic mass is 19.4. The first-order chi connectivity index (χ1) is 17.5. The van der Waals surface area contributed by atoms with Crippen LogP contribution in [0.25, 0.3) is 0 Å². The van der Waals surface area contributed by atoms with Gasteiger partial charge in [-0.2, -0.15) is 0 Å². The molecule has 0 aliphatic carbocycles. The summed E-state index contributed by atoms with van der Waals surface area (Å²) >= 11 is 0. The molecule has 1 saturated heterocycles. The van der Waals surface area contributed by atoms with E-state index in [0.717, 1.165) is 23.8 Å². The summed E-state index contributed by atoms with van der Waals surface area (Å²) in [6, 6.07) is 12.9. The van der Waals surface area contributed by atoms with Crippen molar-refractivity contribution in [1.29, 1.82) is 0 Å². The van der Waals surface area contributed by atoms with Gasteiger partial charge in [-0.1, -0.05) is 24.3 Å². The molecular weight excluding hydrogens is 497 g/mol. The molecule has 194 valence electrons. The van der Waals surface area contributed by atoms with Gasteiger partial charge in [-0.25, -0.2) is 13.6 Å². The number of amides is 3. The summed E-state index contributed by atoms with van der Waals surface area (Å²) in [7, 11) is 0. The standard InChI is InChI=1S/C26H22F5N3O3/c1-16-9-10-22(21(13-16)32-24(35)23-19(27)7-3-8-20(23)28)34-12-4-11-33(25(34)36)15-17-5-2-6-18(14-17)37-26(29,30)31/h2-3,5-10,13-14H,4,11-12,15H2,1H3,(H,32,35). The first-order valence-corrected chi connectivity index (χ1v) is 11.3. The molecule has 0 aromatic heterocycles. The minimum atomic E-state index is -4.84. The molecule has 1 fully saturated rings. The zero-order valence-electron chi connectivity index (χ0n) is 19.6. The minimum Gasteiger partial charge on any atom is -0.406 e. The average molecular weight is 519 g/mol. The van der Waals surface area contributed by atoms with Crippen molar-refractivity contribution in [2.75, 3.05) is 23.3 Å². The highest BCUT2D eigenvalue weighted by Crippen LogP contribution is 2.32. The molecule has 1 N–H and O–H groups in total. The summed E-state index contributed by atoms with van der Waals surface area (Å²) in [5.74, 6) is -3.45. The maximum absolute atomic E-state index is 14.1. The molecule has 0 spiro atoms. The van der Waals surface area contributed by atoms with Gasteiger partial charge in [0.15, 0.2) is 0 Å². The second kappa shape index (κ2) is 10.5. The maximum atomic E-state index is 14.1. The zero-order chi connectivity index (χ0) is 26.7. The van der Waals surface area contributed by atoms with E-state index in [9.17, 15) is 31.5 Å². The van der Waals surface area contributed by atoms with Gasteiger partial charge in [0, 0.05) is 19.6 Å². The second-order valence-electron chi connectivity index (χ2n) is 8.48. The summed E-state index contributed by atoms with van der Waals surface area (Å²) in [4.78, 5) is 28.9. The first-order valence-electron chi connectivity index (χ1n) is 11.3. The highest BCUT2D eigenvalue weighted by molar-refractivity contribution is 6.08. The Morgan fingerprint density at radius 3 is 2.41 bits per heavy atom. The van der Waals surface area contributed by atoms with E-state index in [1.807, 2.05) is 0 Å². The van der Waals surface area contributed by atoms with Crippen LogP contribution in [0.5, 0.6) is 5.75 Å². The van der Waals surface area contributed by atoms with Gasteiger partial charge in [0.05, 0.1) is 11.4 Å². The van der Waals surface area contributed by atoms with Crippen LogP contribution in [0.15, 0.2) is 60.7 Å². The second-order valence-corrected chi connectivity index (χ2v) is 8.48. The molecule has 0 radical (unpaired) electrons. The van der Waals surface area contributed by atoms with Crippen LogP contribution in [0.3, 0.4) is 0 Å². The molecule has 3 amide bonds. The summed E-state index contributed by atoms with van der Waals surface area (Å²) in [5.41, 5.74) is 0.922. The van der Waals surface area contributed by atoms with E-state index in [4.69, 9.17) is 0 Å². The van der Waals surface area contributed by atoms with Gasteiger partial charge in [-0.05, 0) is 60.9 Å². The lowest BCUT2D eigenvalue weighted by atomic mass is 10.1. The SMILES string of the molecule is Cc1ccc(N2CCCN(Cc3cccc(OC(F)(F)F)c3)C2=O)c(NC(=O)c2c(F)cccc2F)c1. The number of nitrogens with one attached hydrogen (secondary N) is 1. The smallest absolute Gasteiger partial charge is 0.406 e. The number of rotatable bonds is 6. The van der Waals surface area contributed by atoms with Crippen molar-refractivity contribution < 1.29 is 36.3 Å². The predicted octanol–water partition coefficient (Wildman–Crippen LogP) is 6.26. The molecule has 1 aliphatic heterocycles. The number of benzene rings is 3. The highest BCUT2D eigenvalue weighted by Gasteiger charge is 2.32. The van der Waals surface area contributed by atoms with Gasteiger partial charge < -0.3 is 15.0 Å². The van der Waals surface area contributed by atoms with Gasteiger partial charge in [0.2, 0.25) is 0 Å². The molecular formula is C26H22F5N3O3. The largest absolute Gasteiger partial charge is 0.573 e. The van der Waals surface area contributed by atoms with Gasteiger partial charge in [0.25, 0.3) is 5.91 Å². The van der Waals surface area contributed by atoms with Crippen LogP contribution in [0.1, 0.15) is 27.9 Å². The maximum Gasteiger partial charge on any atom is 0.573 e. The Balaban J connectivity index is 1.57. The average Bonchev–Trinajstić information content (AvgIpc) is 2.80. The van der Waals surface area contributed by atoms with Crippen LogP contribution >= 0.6 is 0 Å². The van der Waals surface area contributed by atoms with Crippen molar-refractivity contribution in [1.82, 2.24) is 4.90 Å². The third kappa shape index (κ3) is 6.16. The Morgan fingerprint density at radius 2 is 1.70 bits per heavy atom. The van der Waals surface area contributed by atoms with Gasteiger partial charge in [0.1, 0.15) is 22.9 Å². The Morgan fingerprint density at radius 1 is 1.00 bits per heavy atom. The quantitative estimate of drug-likeness (QED) is 0.392. The molecule has 37 heavy (non-hydrogen) atoms. The summed E-state index contributed by atoms with van der Waals surface area (Å²) in [6.07, 6.45) is -4.30. The van der Waals surface area contributed by atoms with Gasteiger partial charge >= 0.3 is 12.4 Å². The molecule has 11 heteroatoms. The van der Waals surface area contributed by atoms with E-state index in [1.54, 1.807) is 31.2 Å². The van der Waals surface area contributed by atoms with E-state index in [2.05, 4.69) is 10.1 Å². The number of alkyl halides is 3. The fourth-order valence-electron chi connectivity index (χ4n) is 4.10. The number of carbonyl (C=O) groups is 2. The molecule has 1 aliphatic rings. The zero-order valence-corrected chi connectivity index (χ0v) is 19.6. The third-order valence-electron chi connectivity index (χ3n) is 5.70.